The van der Waals surface area contributed by atoms with Crippen LogP contribution in [-0.2, 0) is 14.8 Å². The number of benzene rings is 2. The van der Waals surface area contributed by atoms with E-state index in [9.17, 15) is 18.0 Å². The van der Waals surface area contributed by atoms with Crippen LogP contribution in [0.15, 0.2) is 42.5 Å². The van der Waals surface area contributed by atoms with Gasteiger partial charge in [0, 0.05) is 18.3 Å². The maximum absolute atomic E-state index is 12.1. The van der Waals surface area contributed by atoms with Gasteiger partial charge in [0.1, 0.15) is 5.88 Å². The maximum atomic E-state index is 12.1. The number of carbonyl (C=O) groups excluding carboxylic acids is 2. The Labute approximate surface area is 160 Å². The summed E-state index contributed by atoms with van der Waals surface area (Å²) in [5, 5.41) is 5.36. The van der Waals surface area contributed by atoms with Crippen LogP contribution in [0.2, 0.25) is 10.0 Å². The van der Waals surface area contributed by atoms with E-state index < -0.39 is 21.8 Å². The fourth-order valence-corrected chi connectivity index (χ4v) is 3.38. The summed E-state index contributed by atoms with van der Waals surface area (Å²) in [6.45, 7) is 1.38. The number of halogens is 2. The second kappa shape index (κ2) is 8.39. The van der Waals surface area contributed by atoms with Crippen LogP contribution in [0.5, 0.6) is 0 Å². The van der Waals surface area contributed by atoms with Crippen LogP contribution in [0.1, 0.15) is 17.3 Å². The minimum atomic E-state index is -3.99. The summed E-state index contributed by atoms with van der Waals surface area (Å²) in [7, 11) is -3.99. The van der Waals surface area contributed by atoms with Gasteiger partial charge in [-0.1, -0.05) is 29.3 Å². The van der Waals surface area contributed by atoms with E-state index in [1.807, 2.05) is 4.72 Å². The van der Waals surface area contributed by atoms with E-state index >= 15 is 0 Å². The van der Waals surface area contributed by atoms with Crippen molar-refractivity contribution in [1.82, 2.24) is 4.72 Å². The quantitative estimate of drug-likeness (QED) is 0.672. The van der Waals surface area contributed by atoms with Crippen molar-refractivity contribution in [3.05, 3.63) is 58.1 Å². The molecule has 0 aliphatic rings. The molecule has 0 bridgehead atoms. The van der Waals surface area contributed by atoms with Crippen molar-refractivity contribution >= 4 is 56.4 Å². The Kier molecular flexibility index (Phi) is 6.47. The number of anilines is 2. The first-order valence-corrected chi connectivity index (χ1v) is 9.69. The minimum Gasteiger partial charge on any atom is -0.370 e. The van der Waals surface area contributed by atoms with Crippen molar-refractivity contribution < 1.29 is 18.0 Å². The Hall–Kier alpha value is -2.29. The lowest BCUT2D eigenvalue weighted by atomic mass is 10.2. The van der Waals surface area contributed by atoms with Crippen LogP contribution >= 0.6 is 23.2 Å². The van der Waals surface area contributed by atoms with E-state index in [0.717, 1.165) is 0 Å². The van der Waals surface area contributed by atoms with E-state index in [1.165, 1.54) is 19.1 Å². The molecule has 26 heavy (non-hydrogen) atoms. The molecular formula is C16H15Cl2N3O4S. The molecule has 2 rings (SSSR count). The topological polar surface area (TPSA) is 104 Å². The summed E-state index contributed by atoms with van der Waals surface area (Å²) in [6.07, 6.45) is 0. The molecule has 3 N–H and O–H groups in total. The molecular weight excluding hydrogens is 401 g/mol. The zero-order valence-electron chi connectivity index (χ0n) is 13.5. The molecule has 0 heterocycles. The van der Waals surface area contributed by atoms with Crippen molar-refractivity contribution in [3.63, 3.8) is 0 Å². The molecule has 0 atom stereocenters. The molecule has 0 unspecified atom stereocenters. The molecule has 0 saturated carbocycles. The van der Waals surface area contributed by atoms with Gasteiger partial charge in [-0.2, -0.15) is 0 Å². The predicted molar refractivity (Wildman–Crippen MR) is 102 cm³/mol. The Morgan fingerprint density at radius 3 is 2.04 bits per heavy atom. The average Bonchev–Trinajstić information content (AvgIpc) is 2.53. The third-order valence-electron chi connectivity index (χ3n) is 3.11. The Balaban J connectivity index is 2.00. The van der Waals surface area contributed by atoms with Gasteiger partial charge < -0.3 is 10.6 Å². The molecule has 0 radical (unpaired) electrons. The lowest BCUT2D eigenvalue weighted by Gasteiger charge is -2.11. The third kappa shape index (κ3) is 5.62. The SMILES string of the molecule is CC(=O)Nc1ccc(NCS(=O)(=O)NC(=O)c2c(Cl)cccc2Cl)cc1. The molecule has 138 valence electrons. The fraction of sp³-hybridized carbons (Fsp3) is 0.125. The highest BCUT2D eigenvalue weighted by Crippen LogP contribution is 2.24. The van der Waals surface area contributed by atoms with Crippen molar-refractivity contribution in [1.29, 1.82) is 0 Å². The average molecular weight is 416 g/mol. The van der Waals surface area contributed by atoms with Crippen LogP contribution in [0.3, 0.4) is 0 Å². The van der Waals surface area contributed by atoms with Gasteiger partial charge in [0.05, 0.1) is 15.6 Å². The molecule has 0 saturated heterocycles. The van der Waals surface area contributed by atoms with Gasteiger partial charge in [0.15, 0.2) is 0 Å². The van der Waals surface area contributed by atoms with Crippen LogP contribution in [0.4, 0.5) is 11.4 Å². The molecule has 2 aromatic carbocycles. The fourth-order valence-electron chi connectivity index (χ4n) is 2.00. The molecule has 0 aliphatic carbocycles. The van der Waals surface area contributed by atoms with Crippen LogP contribution in [0.25, 0.3) is 0 Å². The normalized spacial score (nSPS) is 10.9. The van der Waals surface area contributed by atoms with Crippen LogP contribution < -0.4 is 15.4 Å². The Morgan fingerprint density at radius 1 is 0.962 bits per heavy atom. The van der Waals surface area contributed by atoms with Crippen LogP contribution in [0, 0.1) is 0 Å². The highest BCUT2D eigenvalue weighted by Gasteiger charge is 2.20. The first kappa shape index (κ1) is 20.0. The van der Waals surface area contributed by atoms with Gasteiger partial charge in [-0.25, -0.2) is 13.1 Å². The minimum absolute atomic E-state index is 0.0479. The van der Waals surface area contributed by atoms with Gasteiger partial charge in [0.25, 0.3) is 15.9 Å². The monoisotopic (exact) mass is 415 g/mol. The van der Waals surface area contributed by atoms with Gasteiger partial charge in [-0.05, 0) is 36.4 Å². The summed E-state index contributed by atoms with van der Waals surface area (Å²) in [6, 6.07) is 10.8. The number of amides is 2. The van der Waals surface area contributed by atoms with Crippen molar-refractivity contribution in [2.45, 2.75) is 6.92 Å². The smallest absolute Gasteiger partial charge is 0.267 e. The predicted octanol–water partition coefficient (Wildman–Crippen LogP) is 3.08. The lowest BCUT2D eigenvalue weighted by molar-refractivity contribution is -0.114. The molecule has 7 nitrogen and oxygen atoms in total. The first-order valence-electron chi connectivity index (χ1n) is 7.28. The van der Waals surface area contributed by atoms with Gasteiger partial charge in [-0.3, -0.25) is 9.59 Å². The second-order valence-electron chi connectivity index (χ2n) is 5.22. The summed E-state index contributed by atoms with van der Waals surface area (Å²) >= 11 is 11.8. The number of nitrogens with one attached hydrogen (secondary N) is 3. The molecule has 0 spiro atoms. The highest BCUT2D eigenvalue weighted by atomic mass is 35.5. The number of rotatable bonds is 6. The molecule has 2 aromatic rings. The first-order chi connectivity index (χ1) is 12.2. The molecule has 0 aromatic heterocycles. The molecule has 0 aliphatic heterocycles. The number of hydrogen-bond donors (Lipinski definition) is 3. The Bertz CT molecular complexity index is 911. The summed E-state index contributed by atoms with van der Waals surface area (Å²) < 4.78 is 26.1. The lowest BCUT2D eigenvalue weighted by Crippen LogP contribution is -2.35. The third-order valence-corrected chi connectivity index (χ3v) is 4.76. The van der Waals surface area contributed by atoms with Gasteiger partial charge in [0.2, 0.25) is 5.91 Å². The zero-order valence-corrected chi connectivity index (χ0v) is 15.9. The van der Waals surface area contributed by atoms with Crippen molar-refractivity contribution in [3.8, 4) is 0 Å². The van der Waals surface area contributed by atoms with E-state index in [0.29, 0.717) is 11.4 Å². The highest BCUT2D eigenvalue weighted by molar-refractivity contribution is 7.90. The largest absolute Gasteiger partial charge is 0.370 e. The van der Waals surface area contributed by atoms with Gasteiger partial charge >= 0.3 is 0 Å². The van der Waals surface area contributed by atoms with E-state index in [-0.39, 0.29) is 21.5 Å². The maximum Gasteiger partial charge on any atom is 0.267 e. The van der Waals surface area contributed by atoms with E-state index in [4.69, 9.17) is 23.2 Å². The number of sulfonamides is 1. The molecule has 10 heteroatoms. The van der Waals surface area contributed by atoms with E-state index in [1.54, 1.807) is 30.3 Å². The summed E-state index contributed by atoms with van der Waals surface area (Å²) in [4.78, 5) is 23.1. The summed E-state index contributed by atoms with van der Waals surface area (Å²) in [5.41, 5.74) is 0.958. The standard InChI is InChI=1S/C16H15Cl2N3O4S/c1-10(22)20-12-7-5-11(6-8-12)19-9-26(24,25)21-16(23)15-13(17)3-2-4-14(15)18/h2-8,19H,9H2,1H3,(H,20,22)(H,21,23). The molecule has 0 fully saturated rings. The van der Waals surface area contributed by atoms with Crippen LogP contribution in [-0.4, -0.2) is 26.1 Å². The second-order valence-corrected chi connectivity index (χ2v) is 7.76. The van der Waals surface area contributed by atoms with Crippen molar-refractivity contribution in [2.24, 2.45) is 0 Å². The molecule has 2 amide bonds. The summed E-state index contributed by atoms with van der Waals surface area (Å²) in [5.74, 6) is -1.67. The number of hydrogen-bond acceptors (Lipinski definition) is 5. The van der Waals surface area contributed by atoms with Gasteiger partial charge in [-0.15, -0.1) is 0 Å². The van der Waals surface area contributed by atoms with Crippen molar-refractivity contribution in [2.75, 3.05) is 16.5 Å². The van der Waals surface area contributed by atoms with E-state index in [2.05, 4.69) is 10.6 Å². The zero-order chi connectivity index (χ0) is 19.3. The number of carbonyl (C=O) groups is 2. The Morgan fingerprint density at radius 2 is 1.50 bits per heavy atom.